The normalized spacial score (nSPS) is 16.7. The summed E-state index contributed by atoms with van der Waals surface area (Å²) in [5.41, 5.74) is 0.687. The number of carbonyl (C=O) groups excluding carboxylic acids is 2. The van der Waals surface area contributed by atoms with E-state index in [0.717, 1.165) is 5.56 Å². The van der Waals surface area contributed by atoms with E-state index in [1.807, 2.05) is 24.3 Å². The van der Waals surface area contributed by atoms with Crippen molar-refractivity contribution in [3.63, 3.8) is 0 Å². The third-order valence-electron chi connectivity index (χ3n) is 6.11. The van der Waals surface area contributed by atoms with Crippen molar-refractivity contribution >= 4 is 46.6 Å². The number of benzene rings is 3. The van der Waals surface area contributed by atoms with Crippen LogP contribution < -0.4 is 15.0 Å². The van der Waals surface area contributed by atoms with Gasteiger partial charge in [0.25, 0.3) is 0 Å². The number of halogens is 2. The average Bonchev–Trinajstić information content (AvgIpc) is 3.04. The van der Waals surface area contributed by atoms with Gasteiger partial charge in [0.1, 0.15) is 5.75 Å². The first-order valence-electron chi connectivity index (χ1n) is 11.2. The third kappa shape index (κ3) is 5.06. The van der Waals surface area contributed by atoms with Crippen molar-refractivity contribution in [3.05, 3.63) is 88.4 Å². The summed E-state index contributed by atoms with van der Waals surface area (Å²) in [4.78, 5) is 29.9. The first-order valence-corrected chi connectivity index (χ1v) is 11.9. The Morgan fingerprint density at radius 1 is 1.06 bits per heavy atom. The SMILES string of the molecule is COc1ccc(CN2C(=O)N(c3cccc(Cl)c3)[C@H](N(O)C(=O)Nc3cccc(Cl)c3)C2(C)C)cc1. The lowest BCUT2D eigenvalue weighted by Gasteiger charge is -2.38. The Labute approximate surface area is 219 Å². The molecule has 1 aliphatic rings. The number of methoxy groups -OCH3 is 1. The maximum absolute atomic E-state index is 13.8. The molecule has 1 saturated heterocycles. The highest BCUT2D eigenvalue weighted by atomic mass is 35.5. The Bertz CT molecular complexity index is 1270. The maximum Gasteiger partial charge on any atom is 0.347 e. The predicted molar refractivity (Wildman–Crippen MR) is 140 cm³/mol. The lowest BCUT2D eigenvalue weighted by molar-refractivity contribution is -0.0954. The van der Waals surface area contributed by atoms with E-state index < -0.39 is 23.8 Å². The molecule has 0 bridgehead atoms. The number of hydroxylamine groups is 2. The molecule has 2 N–H and O–H groups in total. The summed E-state index contributed by atoms with van der Waals surface area (Å²) in [6.07, 6.45) is -1.08. The molecule has 3 aromatic rings. The van der Waals surface area contributed by atoms with Gasteiger partial charge in [-0.2, -0.15) is 5.06 Å². The molecular weight excluding hydrogens is 503 g/mol. The zero-order chi connectivity index (χ0) is 26.0. The van der Waals surface area contributed by atoms with Crippen LogP contribution in [0.4, 0.5) is 21.0 Å². The summed E-state index contributed by atoms with van der Waals surface area (Å²) in [6.45, 7) is 3.83. The lowest BCUT2D eigenvalue weighted by Crippen LogP contribution is -2.58. The van der Waals surface area contributed by atoms with Crippen molar-refractivity contribution in [2.24, 2.45) is 0 Å². The van der Waals surface area contributed by atoms with Gasteiger partial charge < -0.3 is 15.0 Å². The molecule has 1 aliphatic heterocycles. The maximum atomic E-state index is 13.8. The minimum absolute atomic E-state index is 0.243. The molecule has 4 rings (SSSR count). The Morgan fingerprint density at radius 2 is 1.69 bits per heavy atom. The summed E-state index contributed by atoms with van der Waals surface area (Å²) >= 11 is 12.2. The van der Waals surface area contributed by atoms with Gasteiger partial charge in [0, 0.05) is 28.0 Å². The van der Waals surface area contributed by atoms with Crippen molar-refractivity contribution in [3.8, 4) is 5.75 Å². The zero-order valence-electron chi connectivity index (χ0n) is 20.0. The quantitative estimate of drug-likeness (QED) is 0.283. The van der Waals surface area contributed by atoms with Crippen LogP contribution in [0.3, 0.4) is 0 Å². The molecule has 0 spiro atoms. The monoisotopic (exact) mass is 528 g/mol. The van der Waals surface area contributed by atoms with Crippen LogP contribution in [0.25, 0.3) is 0 Å². The second-order valence-electron chi connectivity index (χ2n) is 8.88. The highest BCUT2D eigenvalue weighted by Crippen LogP contribution is 2.39. The first-order chi connectivity index (χ1) is 17.1. The number of anilines is 2. The van der Waals surface area contributed by atoms with Gasteiger partial charge in [0.05, 0.1) is 12.6 Å². The van der Waals surface area contributed by atoms with Crippen molar-refractivity contribution in [1.82, 2.24) is 9.96 Å². The Morgan fingerprint density at radius 3 is 2.31 bits per heavy atom. The fourth-order valence-corrected chi connectivity index (χ4v) is 4.64. The molecule has 188 valence electrons. The minimum atomic E-state index is -1.08. The predicted octanol–water partition coefficient (Wildman–Crippen LogP) is 6.47. The van der Waals surface area contributed by atoms with Gasteiger partial charge in [0.15, 0.2) is 6.17 Å². The molecule has 0 aromatic heterocycles. The van der Waals surface area contributed by atoms with E-state index in [9.17, 15) is 14.8 Å². The van der Waals surface area contributed by atoms with Gasteiger partial charge in [-0.15, -0.1) is 0 Å². The number of nitrogens with one attached hydrogen (secondary N) is 1. The van der Waals surface area contributed by atoms with E-state index in [1.54, 1.807) is 74.4 Å². The van der Waals surface area contributed by atoms with Gasteiger partial charge in [-0.3, -0.25) is 10.1 Å². The molecule has 1 heterocycles. The summed E-state index contributed by atoms with van der Waals surface area (Å²) in [7, 11) is 1.58. The number of amides is 4. The van der Waals surface area contributed by atoms with Crippen LogP contribution in [0.15, 0.2) is 72.8 Å². The number of carbonyl (C=O) groups is 2. The van der Waals surface area contributed by atoms with E-state index >= 15 is 0 Å². The molecule has 0 radical (unpaired) electrons. The van der Waals surface area contributed by atoms with Gasteiger partial charge in [-0.05, 0) is 67.9 Å². The van der Waals surface area contributed by atoms with Crippen molar-refractivity contribution < 1.29 is 19.5 Å². The van der Waals surface area contributed by atoms with Gasteiger partial charge in [-0.25, -0.2) is 9.59 Å². The fourth-order valence-electron chi connectivity index (χ4n) is 4.27. The third-order valence-corrected chi connectivity index (χ3v) is 6.58. The van der Waals surface area contributed by atoms with Crippen molar-refractivity contribution in [1.29, 1.82) is 0 Å². The topological polar surface area (TPSA) is 85.3 Å². The highest BCUT2D eigenvalue weighted by molar-refractivity contribution is 6.31. The highest BCUT2D eigenvalue weighted by Gasteiger charge is 2.56. The van der Waals surface area contributed by atoms with E-state index in [2.05, 4.69) is 5.32 Å². The first kappa shape index (κ1) is 25.6. The molecule has 10 heteroatoms. The zero-order valence-corrected chi connectivity index (χ0v) is 21.5. The molecule has 0 unspecified atom stereocenters. The number of hydrogen-bond acceptors (Lipinski definition) is 4. The van der Waals surface area contributed by atoms with E-state index in [0.29, 0.717) is 32.2 Å². The van der Waals surface area contributed by atoms with Crippen molar-refractivity contribution in [2.75, 3.05) is 17.3 Å². The standard InChI is InChI=1S/C26H26Cl2N4O4/c1-26(2)23(32(35)24(33)29-20-8-4-6-18(27)14-20)31(21-9-5-7-19(28)15-21)25(34)30(26)16-17-10-12-22(36-3)13-11-17/h4-15,23,35H,16H2,1-3H3,(H,29,33)/t23-/m1/s1. The molecule has 1 fully saturated rings. The molecule has 0 saturated carbocycles. The van der Waals surface area contributed by atoms with Gasteiger partial charge in [-0.1, -0.05) is 47.5 Å². The number of nitrogens with zero attached hydrogens (tertiary/aromatic N) is 3. The summed E-state index contributed by atoms with van der Waals surface area (Å²) in [5.74, 6) is 0.698. The summed E-state index contributed by atoms with van der Waals surface area (Å²) in [5, 5.41) is 15.2. The fraction of sp³-hybridized carbons (Fsp3) is 0.231. The number of rotatable bonds is 6. The van der Waals surface area contributed by atoms with E-state index in [4.69, 9.17) is 27.9 Å². The lowest BCUT2D eigenvalue weighted by atomic mass is 9.99. The summed E-state index contributed by atoms with van der Waals surface area (Å²) in [6, 6.07) is 19.4. The second kappa shape index (κ2) is 10.3. The van der Waals surface area contributed by atoms with Crippen LogP contribution >= 0.6 is 23.2 Å². The van der Waals surface area contributed by atoms with E-state index in [1.165, 1.54) is 4.90 Å². The van der Waals surface area contributed by atoms with E-state index in [-0.39, 0.29) is 6.54 Å². The number of ether oxygens (including phenoxy) is 1. The van der Waals surface area contributed by atoms with Crippen LogP contribution in [0.2, 0.25) is 10.0 Å². The van der Waals surface area contributed by atoms with Gasteiger partial charge in [0.2, 0.25) is 0 Å². The average molecular weight is 529 g/mol. The molecule has 8 nitrogen and oxygen atoms in total. The molecule has 3 aromatic carbocycles. The van der Waals surface area contributed by atoms with Crippen LogP contribution in [0.1, 0.15) is 19.4 Å². The Balaban J connectivity index is 1.70. The Hall–Kier alpha value is -3.46. The van der Waals surface area contributed by atoms with Crippen molar-refractivity contribution in [2.45, 2.75) is 32.1 Å². The molecule has 4 amide bonds. The second-order valence-corrected chi connectivity index (χ2v) is 9.75. The number of urea groups is 2. The van der Waals surface area contributed by atoms with Crippen LogP contribution in [-0.2, 0) is 6.54 Å². The number of hydrogen-bond donors (Lipinski definition) is 2. The molecule has 1 atom stereocenters. The minimum Gasteiger partial charge on any atom is -0.497 e. The largest absolute Gasteiger partial charge is 0.497 e. The molecular formula is C26H26Cl2N4O4. The van der Waals surface area contributed by atoms with Crippen LogP contribution in [0.5, 0.6) is 5.75 Å². The summed E-state index contributed by atoms with van der Waals surface area (Å²) < 4.78 is 5.22. The van der Waals surface area contributed by atoms with Gasteiger partial charge >= 0.3 is 12.1 Å². The molecule has 0 aliphatic carbocycles. The van der Waals surface area contributed by atoms with Crippen LogP contribution in [-0.4, -0.2) is 46.0 Å². The van der Waals surface area contributed by atoms with Crippen LogP contribution in [0, 0.1) is 0 Å². The Kier molecular flexibility index (Phi) is 7.31. The molecule has 36 heavy (non-hydrogen) atoms. The smallest absolute Gasteiger partial charge is 0.347 e.